The molecule has 3 N–H and O–H groups in total. The Labute approximate surface area is 105 Å². The largest absolute Gasteiger partial charge is 0.368 e. The van der Waals surface area contributed by atoms with Crippen molar-refractivity contribution in [1.29, 1.82) is 0 Å². The number of carbonyl (C=O) groups is 1. The summed E-state index contributed by atoms with van der Waals surface area (Å²) in [6.45, 7) is 13.3. The smallest absolute Gasteiger partial charge is 0.238 e. The Morgan fingerprint density at radius 3 is 2.24 bits per heavy atom. The van der Waals surface area contributed by atoms with Crippen LogP contribution in [0.5, 0.6) is 0 Å². The van der Waals surface area contributed by atoms with E-state index < -0.39 is 5.54 Å². The molecule has 3 atom stereocenters. The van der Waals surface area contributed by atoms with E-state index in [1.54, 1.807) is 0 Å². The van der Waals surface area contributed by atoms with Crippen LogP contribution >= 0.6 is 0 Å². The lowest BCUT2D eigenvalue weighted by atomic mass is 9.99. The lowest BCUT2D eigenvalue weighted by Crippen LogP contribution is -2.61. The molecule has 0 aromatic rings. The van der Waals surface area contributed by atoms with E-state index in [1.807, 2.05) is 20.8 Å². The topological polar surface area (TPSA) is 58.4 Å². The number of rotatable bonds is 5. The normalized spacial score (nSPS) is 29.5. The van der Waals surface area contributed by atoms with Gasteiger partial charge in [-0.15, -0.1) is 0 Å². The van der Waals surface area contributed by atoms with Crippen LogP contribution in [0.15, 0.2) is 0 Å². The molecule has 4 heteroatoms. The maximum Gasteiger partial charge on any atom is 0.238 e. The van der Waals surface area contributed by atoms with Crippen molar-refractivity contribution in [3.63, 3.8) is 0 Å². The highest BCUT2D eigenvalue weighted by atomic mass is 16.1. The number of carbonyl (C=O) groups excluding carboxylic acids is 1. The molecule has 100 valence electrons. The molecule has 1 fully saturated rings. The summed E-state index contributed by atoms with van der Waals surface area (Å²) in [4.78, 5) is 14.0. The molecule has 1 aliphatic heterocycles. The van der Waals surface area contributed by atoms with Crippen LogP contribution in [-0.2, 0) is 4.79 Å². The summed E-state index contributed by atoms with van der Waals surface area (Å²) < 4.78 is 0. The number of primary amides is 1. The van der Waals surface area contributed by atoms with Gasteiger partial charge < -0.3 is 16.0 Å². The molecule has 1 saturated heterocycles. The van der Waals surface area contributed by atoms with Crippen molar-refractivity contribution in [3.8, 4) is 0 Å². The first-order chi connectivity index (χ1) is 7.74. The van der Waals surface area contributed by atoms with Gasteiger partial charge in [0.1, 0.15) is 5.54 Å². The third kappa shape index (κ3) is 3.68. The fraction of sp³-hybridized carbons (Fsp3) is 0.923. The molecular formula is C13H27N3O. The van der Waals surface area contributed by atoms with E-state index in [0.717, 1.165) is 13.1 Å². The number of hydrogen-bond donors (Lipinski definition) is 2. The van der Waals surface area contributed by atoms with Crippen molar-refractivity contribution in [2.24, 2.45) is 17.6 Å². The first kappa shape index (κ1) is 14.5. The Hall–Kier alpha value is -0.610. The van der Waals surface area contributed by atoms with Gasteiger partial charge in [-0.05, 0) is 32.6 Å². The van der Waals surface area contributed by atoms with Gasteiger partial charge >= 0.3 is 0 Å². The third-order valence-corrected chi connectivity index (χ3v) is 3.75. The SMILES string of the molecule is CC(C)NC(C)(CN1CC(C)C(C)C1)C(N)=O. The second-order valence-electron chi connectivity index (χ2n) is 6.14. The molecule has 0 radical (unpaired) electrons. The molecule has 1 rings (SSSR count). The molecule has 0 aromatic carbocycles. The summed E-state index contributed by atoms with van der Waals surface area (Å²) in [6, 6.07) is 0.255. The van der Waals surface area contributed by atoms with Crippen molar-refractivity contribution < 1.29 is 4.79 Å². The minimum Gasteiger partial charge on any atom is -0.368 e. The Balaban J connectivity index is 2.65. The molecule has 3 unspecified atom stereocenters. The lowest BCUT2D eigenvalue weighted by Gasteiger charge is -2.33. The van der Waals surface area contributed by atoms with Gasteiger partial charge in [0.25, 0.3) is 0 Å². The summed E-state index contributed by atoms with van der Waals surface area (Å²) in [6.07, 6.45) is 0. The molecule has 0 aromatic heterocycles. The fourth-order valence-electron chi connectivity index (χ4n) is 2.66. The van der Waals surface area contributed by atoms with Crippen molar-refractivity contribution in [1.82, 2.24) is 10.2 Å². The highest BCUT2D eigenvalue weighted by molar-refractivity contribution is 5.84. The summed E-state index contributed by atoms with van der Waals surface area (Å²) in [7, 11) is 0. The standard InChI is InChI=1S/C13H27N3O/c1-9(2)15-13(5,12(14)17)8-16-6-10(3)11(4)7-16/h9-11,15H,6-8H2,1-5H3,(H2,14,17). The van der Waals surface area contributed by atoms with Gasteiger partial charge in [0.2, 0.25) is 5.91 Å². The minimum atomic E-state index is -0.627. The van der Waals surface area contributed by atoms with Gasteiger partial charge in [0.15, 0.2) is 0 Å². The van der Waals surface area contributed by atoms with Gasteiger partial charge in [0.05, 0.1) is 0 Å². The van der Waals surface area contributed by atoms with Crippen LogP contribution in [-0.4, -0.2) is 42.0 Å². The monoisotopic (exact) mass is 241 g/mol. The predicted octanol–water partition coefficient (Wildman–Crippen LogP) is 0.816. The Kier molecular flexibility index (Phi) is 4.55. The average Bonchev–Trinajstić information content (AvgIpc) is 2.43. The molecule has 0 spiro atoms. The maximum atomic E-state index is 11.6. The zero-order valence-electron chi connectivity index (χ0n) is 11.8. The number of amides is 1. The van der Waals surface area contributed by atoms with E-state index in [0.29, 0.717) is 18.4 Å². The molecule has 4 nitrogen and oxygen atoms in total. The quantitative estimate of drug-likeness (QED) is 0.749. The third-order valence-electron chi connectivity index (χ3n) is 3.75. The fourth-order valence-corrected chi connectivity index (χ4v) is 2.66. The Morgan fingerprint density at radius 2 is 1.88 bits per heavy atom. The molecule has 17 heavy (non-hydrogen) atoms. The maximum absolute atomic E-state index is 11.6. The van der Waals surface area contributed by atoms with Crippen molar-refractivity contribution in [2.45, 2.75) is 46.2 Å². The van der Waals surface area contributed by atoms with Gasteiger partial charge in [-0.1, -0.05) is 13.8 Å². The second-order valence-corrected chi connectivity index (χ2v) is 6.14. The summed E-state index contributed by atoms with van der Waals surface area (Å²) in [5, 5.41) is 3.30. The van der Waals surface area contributed by atoms with E-state index in [-0.39, 0.29) is 11.9 Å². The van der Waals surface area contributed by atoms with E-state index in [2.05, 4.69) is 24.1 Å². The van der Waals surface area contributed by atoms with Crippen LogP contribution in [0.2, 0.25) is 0 Å². The molecule has 0 bridgehead atoms. The minimum absolute atomic E-state index is 0.255. The first-order valence-electron chi connectivity index (χ1n) is 6.54. The first-order valence-corrected chi connectivity index (χ1v) is 6.54. The van der Waals surface area contributed by atoms with Crippen LogP contribution in [0, 0.1) is 11.8 Å². The average molecular weight is 241 g/mol. The summed E-state index contributed by atoms with van der Waals surface area (Å²) in [5.41, 5.74) is 4.91. The zero-order chi connectivity index (χ0) is 13.2. The highest BCUT2D eigenvalue weighted by Crippen LogP contribution is 2.23. The number of nitrogens with two attached hydrogens (primary N) is 1. The molecule has 1 amide bonds. The summed E-state index contributed by atoms with van der Waals surface area (Å²) in [5.74, 6) is 1.13. The summed E-state index contributed by atoms with van der Waals surface area (Å²) >= 11 is 0. The van der Waals surface area contributed by atoms with Gasteiger partial charge in [-0.3, -0.25) is 4.79 Å². The zero-order valence-corrected chi connectivity index (χ0v) is 11.8. The number of nitrogens with zero attached hydrogens (tertiary/aromatic N) is 1. The Bertz CT molecular complexity index is 270. The molecule has 0 saturated carbocycles. The molecule has 1 aliphatic rings. The van der Waals surface area contributed by atoms with E-state index in [1.165, 1.54) is 0 Å². The lowest BCUT2D eigenvalue weighted by molar-refractivity contribution is -0.124. The van der Waals surface area contributed by atoms with E-state index in [9.17, 15) is 4.79 Å². The van der Waals surface area contributed by atoms with Crippen LogP contribution < -0.4 is 11.1 Å². The number of likely N-dealkylation sites (tertiary alicyclic amines) is 1. The van der Waals surface area contributed by atoms with Crippen LogP contribution in [0.25, 0.3) is 0 Å². The van der Waals surface area contributed by atoms with Gasteiger partial charge in [-0.2, -0.15) is 0 Å². The second kappa shape index (κ2) is 5.36. The van der Waals surface area contributed by atoms with Crippen molar-refractivity contribution >= 4 is 5.91 Å². The van der Waals surface area contributed by atoms with Crippen LogP contribution in [0.3, 0.4) is 0 Å². The molecule has 1 heterocycles. The van der Waals surface area contributed by atoms with Crippen LogP contribution in [0.4, 0.5) is 0 Å². The van der Waals surface area contributed by atoms with E-state index in [4.69, 9.17) is 5.73 Å². The predicted molar refractivity (Wildman–Crippen MR) is 70.6 cm³/mol. The number of nitrogens with one attached hydrogen (secondary N) is 1. The molecular weight excluding hydrogens is 214 g/mol. The van der Waals surface area contributed by atoms with Gasteiger partial charge in [-0.25, -0.2) is 0 Å². The number of hydrogen-bond acceptors (Lipinski definition) is 3. The molecule has 0 aliphatic carbocycles. The van der Waals surface area contributed by atoms with E-state index >= 15 is 0 Å². The van der Waals surface area contributed by atoms with Gasteiger partial charge in [0, 0.05) is 25.7 Å². The van der Waals surface area contributed by atoms with Crippen LogP contribution in [0.1, 0.15) is 34.6 Å². The van der Waals surface area contributed by atoms with Crippen molar-refractivity contribution in [2.75, 3.05) is 19.6 Å². The highest BCUT2D eigenvalue weighted by Gasteiger charge is 2.36. The Morgan fingerprint density at radius 1 is 1.41 bits per heavy atom. The van der Waals surface area contributed by atoms with Crippen molar-refractivity contribution in [3.05, 3.63) is 0 Å².